The van der Waals surface area contributed by atoms with Gasteiger partial charge in [0.25, 0.3) is 0 Å². The molecule has 0 amide bonds. The lowest BCUT2D eigenvalue weighted by Gasteiger charge is -2.25. The van der Waals surface area contributed by atoms with Crippen LogP contribution in [0.4, 0.5) is 0 Å². The molecule has 0 radical (unpaired) electrons. The van der Waals surface area contributed by atoms with Gasteiger partial charge < -0.3 is 0 Å². The van der Waals surface area contributed by atoms with Crippen molar-refractivity contribution in [1.82, 2.24) is 14.9 Å². The highest BCUT2D eigenvalue weighted by molar-refractivity contribution is 7.90. The SMILES string of the molecule is CC(c1ccc(S(C)(=O)=O)cc1)N(C)Cc1nc(-c2ccccc2)c2ccccc2n1. The number of benzene rings is 3. The molecule has 4 rings (SSSR count). The highest BCUT2D eigenvalue weighted by Gasteiger charge is 2.16. The third-order valence-electron chi connectivity index (χ3n) is 5.54. The molecular formula is C25H25N3O2S. The largest absolute Gasteiger partial charge is 0.292 e. The second-order valence-electron chi connectivity index (χ2n) is 7.80. The maximum absolute atomic E-state index is 11.7. The molecule has 6 heteroatoms. The normalized spacial score (nSPS) is 12.9. The Morgan fingerprint density at radius 1 is 0.871 bits per heavy atom. The smallest absolute Gasteiger partial charge is 0.175 e. The average molecular weight is 432 g/mol. The summed E-state index contributed by atoms with van der Waals surface area (Å²) in [6, 6.07) is 25.4. The molecule has 1 aromatic heterocycles. The highest BCUT2D eigenvalue weighted by atomic mass is 32.2. The number of sulfone groups is 1. The molecule has 158 valence electrons. The van der Waals surface area contributed by atoms with Crippen molar-refractivity contribution in [3.8, 4) is 11.3 Å². The molecular weight excluding hydrogens is 406 g/mol. The molecule has 1 atom stereocenters. The zero-order valence-corrected chi connectivity index (χ0v) is 18.7. The van der Waals surface area contributed by atoms with Gasteiger partial charge in [-0.3, -0.25) is 4.90 Å². The van der Waals surface area contributed by atoms with Crippen LogP contribution in [0.2, 0.25) is 0 Å². The summed E-state index contributed by atoms with van der Waals surface area (Å²) in [6.45, 7) is 2.66. The van der Waals surface area contributed by atoms with E-state index in [1.807, 2.05) is 55.6 Å². The third kappa shape index (κ3) is 4.65. The van der Waals surface area contributed by atoms with Crippen molar-refractivity contribution < 1.29 is 8.42 Å². The predicted molar refractivity (Wildman–Crippen MR) is 124 cm³/mol. The second kappa shape index (κ2) is 8.57. The fourth-order valence-corrected chi connectivity index (χ4v) is 4.25. The van der Waals surface area contributed by atoms with Gasteiger partial charge in [0.05, 0.1) is 22.7 Å². The lowest BCUT2D eigenvalue weighted by atomic mass is 10.1. The van der Waals surface area contributed by atoms with Crippen LogP contribution in [0.3, 0.4) is 0 Å². The van der Waals surface area contributed by atoms with Crippen molar-refractivity contribution in [2.75, 3.05) is 13.3 Å². The zero-order chi connectivity index (χ0) is 22.0. The van der Waals surface area contributed by atoms with Gasteiger partial charge in [0.1, 0.15) is 5.82 Å². The van der Waals surface area contributed by atoms with E-state index in [1.165, 1.54) is 6.26 Å². The van der Waals surface area contributed by atoms with Gasteiger partial charge in [-0.1, -0.05) is 60.7 Å². The van der Waals surface area contributed by atoms with Crippen LogP contribution < -0.4 is 0 Å². The Bertz CT molecular complexity index is 1300. The van der Waals surface area contributed by atoms with Crippen LogP contribution in [0, 0.1) is 0 Å². The van der Waals surface area contributed by atoms with Gasteiger partial charge in [-0.05, 0) is 37.7 Å². The van der Waals surface area contributed by atoms with E-state index in [2.05, 4.69) is 30.0 Å². The van der Waals surface area contributed by atoms with Crippen LogP contribution in [-0.4, -0.2) is 36.6 Å². The zero-order valence-electron chi connectivity index (χ0n) is 17.9. The van der Waals surface area contributed by atoms with Gasteiger partial charge >= 0.3 is 0 Å². The first-order chi connectivity index (χ1) is 14.8. The van der Waals surface area contributed by atoms with Crippen LogP contribution in [0.5, 0.6) is 0 Å². The molecule has 0 N–H and O–H groups in total. The molecule has 0 spiro atoms. The molecule has 0 aliphatic carbocycles. The molecule has 0 fully saturated rings. The lowest BCUT2D eigenvalue weighted by molar-refractivity contribution is 0.247. The molecule has 4 aromatic rings. The standard InChI is InChI=1S/C25H25N3O2S/c1-18(19-13-15-21(16-14-19)31(3,29)30)28(2)17-24-26-23-12-8-7-11-22(23)25(27-24)20-9-5-4-6-10-20/h4-16,18H,17H2,1-3H3. The number of hydrogen-bond donors (Lipinski definition) is 0. The highest BCUT2D eigenvalue weighted by Crippen LogP contribution is 2.27. The third-order valence-corrected chi connectivity index (χ3v) is 6.67. The summed E-state index contributed by atoms with van der Waals surface area (Å²) in [5.41, 5.74) is 3.96. The van der Waals surface area contributed by atoms with E-state index >= 15 is 0 Å². The fraction of sp³-hybridized carbons (Fsp3) is 0.200. The number of aromatic nitrogens is 2. The number of rotatable bonds is 6. The van der Waals surface area contributed by atoms with Crippen molar-refractivity contribution in [2.45, 2.75) is 24.4 Å². The summed E-state index contributed by atoms with van der Waals surface area (Å²) in [7, 11) is -1.18. The van der Waals surface area contributed by atoms with E-state index in [0.717, 1.165) is 33.5 Å². The van der Waals surface area contributed by atoms with Gasteiger partial charge in [0.2, 0.25) is 0 Å². The fourth-order valence-electron chi connectivity index (χ4n) is 3.62. The van der Waals surface area contributed by atoms with E-state index in [-0.39, 0.29) is 6.04 Å². The van der Waals surface area contributed by atoms with E-state index in [1.54, 1.807) is 12.1 Å². The Kier molecular flexibility index (Phi) is 5.85. The van der Waals surface area contributed by atoms with Gasteiger partial charge in [-0.25, -0.2) is 18.4 Å². The quantitative estimate of drug-likeness (QED) is 0.435. The van der Waals surface area contributed by atoms with Crippen molar-refractivity contribution >= 4 is 20.7 Å². The molecule has 5 nitrogen and oxygen atoms in total. The van der Waals surface area contributed by atoms with Crippen LogP contribution in [0.15, 0.2) is 83.8 Å². The molecule has 0 aliphatic heterocycles. The molecule has 1 unspecified atom stereocenters. The topological polar surface area (TPSA) is 63.2 Å². The van der Waals surface area contributed by atoms with Crippen molar-refractivity contribution in [3.05, 3.63) is 90.3 Å². The summed E-state index contributed by atoms with van der Waals surface area (Å²) in [5, 5.41) is 1.03. The Labute approximate surface area is 183 Å². The first-order valence-corrected chi connectivity index (χ1v) is 12.0. The Morgan fingerprint density at radius 2 is 1.52 bits per heavy atom. The van der Waals surface area contributed by atoms with Crippen molar-refractivity contribution in [3.63, 3.8) is 0 Å². The minimum Gasteiger partial charge on any atom is -0.292 e. The minimum absolute atomic E-state index is 0.0730. The summed E-state index contributed by atoms with van der Waals surface area (Å²) < 4.78 is 23.4. The Hall–Kier alpha value is -3.09. The van der Waals surface area contributed by atoms with Gasteiger partial charge in [-0.15, -0.1) is 0 Å². The summed E-state index contributed by atoms with van der Waals surface area (Å²) >= 11 is 0. The van der Waals surface area contributed by atoms with E-state index in [9.17, 15) is 8.42 Å². The molecule has 1 heterocycles. The first-order valence-electron chi connectivity index (χ1n) is 10.1. The Morgan fingerprint density at radius 3 is 2.19 bits per heavy atom. The van der Waals surface area contributed by atoms with E-state index in [0.29, 0.717) is 11.4 Å². The molecule has 0 aliphatic rings. The van der Waals surface area contributed by atoms with Crippen LogP contribution in [-0.2, 0) is 16.4 Å². The van der Waals surface area contributed by atoms with Crippen LogP contribution in [0.25, 0.3) is 22.2 Å². The van der Waals surface area contributed by atoms with Gasteiger partial charge in [0, 0.05) is 23.2 Å². The summed E-state index contributed by atoms with van der Waals surface area (Å²) in [4.78, 5) is 12.2. The minimum atomic E-state index is -3.20. The predicted octanol–water partition coefficient (Wildman–Crippen LogP) is 4.89. The number of fused-ring (bicyclic) bond motifs is 1. The lowest BCUT2D eigenvalue weighted by Crippen LogP contribution is -2.23. The van der Waals surface area contributed by atoms with Gasteiger partial charge in [0.15, 0.2) is 9.84 Å². The van der Waals surface area contributed by atoms with Crippen molar-refractivity contribution in [1.29, 1.82) is 0 Å². The molecule has 3 aromatic carbocycles. The van der Waals surface area contributed by atoms with Crippen LogP contribution in [0.1, 0.15) is 24.4 Å². The molecule has 31 heavy (non-hydrogen) atoms. The first kappa shape index (κ1) is 21.2. The summed E-state index contributed by atoms with van der Waals surface area (Å²) in [5.74, 6) is 0.750. The Balaban J connectivity index is 1.63. The van der Waals surface area contributed by atoms with E-state index < -0.39 is 9.84 Å². The molecule has 0 bridgehead atoms. The maximum atomic E-state index is 11.7. The molecule has 0 saturated heterocycles. The number of nitrogens with zero attached hydrogens (tertiary/aromatic N) is 3. The monoisotopic (exact) mass is 431 g/mol. The number of para-hydroxylation sites is 1. The van der Waals surface area contributed by atoms with Crippen LogP contribution >= 0.6 is 0 Å². The average Bonchev–Trinajstić information content (AvgIpc) is 2.78. The number of hydrogen-bond acceptors (Lipinski definition) is 5. The maximum Gasteiger partial charge on any atom is 0.175 e. The summed E-state index contributed by atoms with van der Waals surface area (Å²) in [6.07, 6.45) is 1.22. The van der Waals surface area contributed by atoms with Gasteiger partial charge in [-0.2, -0.15) is 0 Å². The molecule has 0 saturated carbocycles. The second-order valence-corrected chi connectivity index (χ2v) is 9.82. The van der Waals surface area contributed by atoms with E-state index in [4.69, 9.17) is 9.97 Å². The van der Waals surface area contributed by atoms with Crippen molar-refractivity contribution in [2.24, 2.45) is 0 Å².